The topological polar surface area (TPSA) is 52.3 Å². The third-order valence-electron chi connectivity index (χ3n) is 1.45. The Bertz CT molecular complexity index is 372. The van der Waals surface area contributed by atoms with Crippen molar-refractivity contribution in [3.63, 3.8) is 0 Å². The summed E-state index contributed by atoms with van der Waals surface area (Å²) in [5, 5.41) is 0. The van der Waals surface area contributed by atoms with Gasteiger partial charge in [-0.05, 0) is 39.0 Å². The van der Waals surface area contributed by atoms with E-state index in [2.05, 4.69) is 10.7 Å². The fourth-order valence-corrected chi connectivity index (χ4v) is 0.773. The van der Waals surface area contributed by atoms with E-state index in [4.69, 9.17) is 12.2 Å². The lowest BCUT2D eigenvalue weighted by Gasteiger charge is -2.14. The van der Waals surface area contributed by atoms with Crippen molar-refractivity contribution < 1.29 is 9.53 Å². The molecule has 86 valence electrons. The summed E-state index contributed by atoms with van der Waals surface area (Å²) in [6.07, 6.45) is 5.11. The molecule has 0 aliphatic heterocycles. The fraction of sp³-hybridized carbons (Fsp3) is 0.308. The minimum atomic E-state index is -0.318. The van der Waals surface area contributed by atoms with E-state index in [0.29, 0.717) is 12.2 Å². The predicted octanol–water partition coefficient (Wildman–Crippen LogP) is 2.21. The summed E-state index contributed by atoms with van der Waals surface area (Å²) in [6.45, 7) is 5.92. The lowest BCUT2D eigenvalue weighted by atomic mass is 10.2. The highest BCUT2D eigenvalue weighted by atomic mass is 16.5. The molecule has 2 N–H and O–H groups in total. The number of rotatable bonds is 1. The molecule has 0 amide bonds. The standard InChI is InChI=1S/C8H7N.C5H10O2/c1-2-7-4-3-5-8(9)6-7;1-5(2,3)7-4-6/h1,3-6H,9H2;4H,1-3H3. The van der Waals surface area contributed by atoms with Gasteiger partial charge in [-0.1, -0.05) is 12.0 Å². The van der Waals surface area contributed by atoms with Crippen LogP contribution in [0.15, 0.2) is 24.3 Å². The van der Waals surface area contributed by atoms with Crippen molar-refractivity contribution >= 4 is 12.2 Å². The highest BCUT2D eigenvalue weighted by Gasteiger charge is 2.07. The maximum Gasteiger partial charge on any atom is 0.293 e. The number of carbonyl (C=O) groups is 1. The van der Waals surface area contributed by atoms with Crippen molar-refractivity contribution in [2.45, 2.75) is 26.4 Å². The second-order valence-electron chi connectivity index (χ2n) is 4.10. The summed E-state index contributed by atoms with van der Waals surface area (Å²) >= 11 is 0. The maximum atomic E-state index is 9.60. The van der Waals surface area contributed by atoms with Crippen LogP contribution in [0.2, 0.25) is 0 Å². The fourth-order valence-electron chi connectivity index (χ4n) is 0.773. The summed E-state index contributed by atoms with van der Waals surface area (Å²) in [6, 6.07) is 7.25. The maximum absolute atomic E-state index is 9.60. The Kier molecular flexibility index (Phi) is 5.72. The Hall–Kier alpha value is -1.95. The van der Waals surface area contributed by atoms with Crippen LogP contribution in [-0.4, -0.2) is 12.1 Å². The van der Waals surface area contributed by atoms with Gasteiger partial charge in [-0.3, -0.25) is 4.79 Å². The molecule has 0 aromatic heterocycles. The number of carbonyl (C=O) groups excluding carboxylic acids is 1. The Balaban J connectivity index is 0.000000293. The molecule has 0 fully saturated rings. The van der Waals surface area contributed by atoms with Crippen molar-refractivity contribution in [1.29, 1.82) is 0 Å². The van der Waals surface area contributed by atoms with E-state index >= 15 is 0 Å². The molecular formula is C13H17NO2. The molecule has 0 atom stereocenters. The van der Waals surface area contributed by atoms with Crippen molar-refractivity contribution in [1.82, 2.24) is 0 Å². The summed E-state index contributed by atoms with van der Waals surface area (Å²) in [5.41, 5.74) is 6.66. The van der Waals surface area contributed by atoms with Crippen LogP contribution in [0.3, 0.4) is 0 Å². The van der Waals surface area contributed by atoms with Gasteiger partial charge in [0.15, 0.2) is 0 Å². The largest absolute Gasteiger partial charge is 0.462 e. The van der Waals surface area contributed by atoms with Gasteiger partial charge in [0, 0.05) is 11.3 Å². The SMILES string of the molecule is C#Cc1cccc(N)c1.CC(C)(C)OC=O. The van der Waals surface area contributed by atoms with Gasteiger partial charge in [0.05, 0.1) is 0 Å². The molecule has 0 saturated heterocycles. The van der Waals surface area contributed by atoms with Gasteiger partial charge in [-0.15, -0.1) is 6.42 Å². The van der Waals surface area contributed by atoms with Gasteiger partial charge in [-0.25, -0.2) is 0 Å². The van der Waals surface area contributed by atoms with Crippen LogP contribution in [-0.2, 0) is 9.53 Å². The first-order valence-corrected chi connectivity index (χ1v) is 4.82. The molecule has 3 nitrogen and oxygen atoms in total. The summed E-state index contributed by atoms with van der Waals surface area (Å²) in [5.74, 6) is 2.49. The minimum Gasteiger partial charge on any atom is -0.462 e. The molecule has 1 rings (SSSR count). The molecule has 0 bridgehead atoms. The average molecular weight is 219 g/mol. The second-order valence-corrected chi connectivity index (χ2v) is 4.10. The molecule has 3 heteroatoms. The van der Waals surface area contributed by atoms with E-state index in [1.165, 1.54) is 0 Å². The molecule has 0 radical (unpaired) electrons. The first kappa shape index (κ1) is 14.1. The van der Waals surface area contributed by atoms with E-state index in [1.807, 2.05) is 32.9 Å². The van der Waals surface area contributed by atoms with Crippen molar-refractivity contribution in [3.05, 3.63) is 29.8 Å². The lowest BCUT2D eigenvalue weighted by molar-refractivity contribution is -0.138. The number of nitrogens with two attached hydrogens (primary N) is 1. The monoisotopic (exact) mass is 219 g/mol. The van der Waals surface area contributed by atoms with Crippen LogP contribution in [0.4, 0.5) is 5.69 Å². The number of terminal acetylenes is 1. The number of ether oxygens (including phenoxy) is 1. The molecule has 0 heterocycles. The first-order chi connectivity index (χ1) is 7.39. The van der Waals surface area contributed by atoms with Gasteiger partial charge in [0.2, 0.25) is 0 Å². The van der Waals surface area contributed by atoms with E-state index < -0.39 is 0 Å². The third kappa shape index (κ3) is 7.45. The molecule has 1 aromatic carbocycles. The molecule has 0 spiro atoms. The van der Waals surface area contributed by atoms with Gasteiger partial charge in [0.25, 0.3) is 6.47 Å². The number of anilines is 1. The van der Waals surface area contributed by atoms with E-state index in [0.717, 1.165) is 5.56 Å². The van der Waals surface area contributed by atoms with Crippen LogP contribution < -0.4 is 5.73 Å². The zero-order valence-electron chi connectivity index (χ0n) is 9.86. The zero-order valence-corrected chi connectivity index (χ0v) is 9.86. The molecule has 0 aliphatic rings. The number of hydrogen-bond acceptors (Lipinski definition) is 3. The van der Waals surface area contributed by atoms with Crippen LogP contribution in [0.1, 0.15) is 26.3 Å². The Labute approximate surface area is 96.6 Å². The smallest absolute Gasteiger partial charge is 0.293 e. The second kappa shape index (κ2) is 6.52. The Morgan fingerprint density at radius 2 is 2.06 bits per heavy atom. The van der Waals surface area contributed by atoms with Crippen LogP contribution in [0, 0.1) is 12.3 Å². The molecule has 0 saturated carbocycles. The van der Waals surface area contributed by atoms with E-state index in [9.17, 15) is 4.79 Å². The first-order valence-electron chi connectivity index (χ1n) is 4.82. The zero-order chi connectivity index (χ0) is 12.6. The quantitative estimate of drug-likeness (QED) is 0.447. The van der Waals surface area contributed by atoms with Crippen LogP contribution in [0.25, 0.3) is 0 Å². The van der Waals surface area contributed by atoms with Gasteiger partial charge < -0.3 is 10.5 Å². The van der Waals surface area contributed by atoms with Gasteiger partial charge in [-0.2, -0.15) is 0 Å². The number of nitrogen functional groups attached to an aromatic ring is 1. The van der Waals surface area contributed by atoms with Gasteiger partial charge >= 0.3 is 0 Å². The van der Waals surface area contributed by atoms with Crippen molar-refractivity contribution in [2.75, 3.05) is 5.73 Å². The summed E-state index contributed by atoms with van der Waals surface area (Å²) in [7, 11) is 0. The summed E-state index contributed by atoms with van der Waals surface area (Å²) in [4.78, 5) is 9.60. The third-order valence-corrected chi connectivity index (χ3v) is 1.45. The Morgan fingerprint density at radius 3 is 2.31 bits per heavy atom. The highest BCUT2D eigenvalue weighted by molar-refractivity contribution is 5.46. The van der Waals surface area contributed by atoms with Gasteiger partial charge in [0.1, 0.15) is 5.60 Å². The molecular weight excluding hydrogens is 202 g/mol. The molecule has 0 aliphatic carbocycles. The molecule has 16 heavy (non-hydrogen) atoms. The average Bonchev–Trinajstić information content (AvgIpc) is 2.17. The number of benzene rings is 1. The van der Waals surface area contributed by atoms with E-state index in [-0.39, 0.29) is 5.60 Å². The molecule has 1 aromatic rings. The van der Waals surface area contributed by atoms with Crippen LogP contribution in [0.5, 0.6) is 0 Å². The van der Waals surface area contributed by atoms with Crippen molar-refractivity contribution in [3.8, 4) is 12.3 Å². The predicted molar refractivity (Wildman–Crippen MR) is 65.7 cm³/mol. The lowest BCUT2D eigenvalue weighted by Crippen LogP contribution is -2.17. The van der Waals surface area contributed by atoms with Crippen LogP contribution >= 0.6 is 0 Å². The minimum absolute atomic E-state index is 0.318. The number of hydrogen-bond donors (Lipinski definition) is 1. The van der Waals surface area contributed by atoms with E-state index in [1.54, 1.807) is 12.1 Å². The molecule has 0 unspecified atom stereocenters. The summed E-state index contributed by atoms with van der Waals surface area (Å²) < 4.78 is 4.55. The normalized spacial score (nSPS) is 9.38. The Morgan fingerprint density at radius 1 is 1.44 bits per heavy atom. The van der Waals surface area contributed by atoms with Crippen molar-refractivity contribution in [2.24, 2.45) is 0 Å². The highest BCUT2D eigenvalue weighted by Crippen LogP contribution is 2.03.